The molecule has 0 aliphatic carbocycles. The predicted molar refractivity (Wildman–Crippen MR) is 132 cm³/mol. The molecular weight excluding hydrogens is 472 g/mol. The van der Waals surface area contributed by atoms with Crippen molar-refractivity contribution in [2.75, 3.05) is 32.2 Å². The van der Waals surface area contributed by atoms with E-state index < -0.39 is 29.6 Å². The Labute approximate surface area is 207 Å². The monoisotopic (exact) mass is 498 g/mol. The number of hydrogen-bond donors (Lipinski definition) is 1. The summed E-state index contributed by atoms with van der Waals surface area (Å²) in [6.45, 7) is 5.04. The van der Waals surface area contributed by atoms with E-state index in [1.165, 1.54) is 13.2 Å². The zero-order chi connectivity index (χ0) is 25.5. The van der Waals surface area contributed by atoms with Crippen LogP contribution in [0.3, 0.4) is 0 Å². The van der Waals surface area contributed by atoms with Gasteiger partial charge in [0.1, 0.15) is 6.54 Å². The van der Waals surface area contributed by atoms with Crippen LogP contribution in [0.15, 0.2) is 41.3 Å². The van der Waals surface area contributed by atoms with Crippen LogP contribution in [0.25, 0.3) is 6.08 Å². The molecular formula is C25H26N2O7S. The average Bonchev–Trinajstić information content (AvgIpc) is 3.07. The molecule has 1 N–H and O–H groups in total. The number of nitrogens with zero attached hydrogens (tertiary/aromatic N) is 1. The van der Waals surface area contributed by atoms with Crippen LogP contribution in [0.4, 0.5) is 10.5 Å². The van der Waals surface area contributed by atoms with Crippen molar-refractivity contribution in [3.05, 3.63) is 58.0 Å². The summed E-state index contributed by atoms with van der Waals surface area (Å²) in [5.74, 6) is -0.899. The van der Waals surface area contributed by atoms with Crippen LogP contribution in [0, 0.1) is 13.8 Å². The number of ether oxygens (including phenoxy) is 3. The van der Waals surface area contributed by atoms with Crippen LogP contribution < -0.4 is 14.8 Å². The first kappa shape index (κ1) is 25.8. The third-order valence-electron chi connectivity index (χ3n) is 4.97. The molecule has 0 spiro atoms. The zero-order valence-electron chi connectivity index (χ0n) is 19.9. The Hall–Kier alpha value is -3.79. The van der Waals surface area contributed by atoms with Crippen molar-refractivity contribution in [2.24, 2.45) is 0 Å². The van der Waals surface area contributed by atoms with Crippen LogP contribution in [0.2, 0.25) is 0 Å². The minimum absolute atomic E-state index is 0.163. The number of carbonyl (C=O) groups excluding carboxylic acids is 4. The van der Waals surface area contributed by atoms with Crippen molar-refractivity contribution >= 4 is 46.5 Å². The van der Waals surface area contributed by atoms with Crippen LogP contribution in [0.1, 0.15) is 23.6 Å². The molecule has 1 heterocycles. The van der Waals surface area contributed by atoms with Gasteiger partial charge in [0.05, 0.1) is 18.6 Å². The molecule has 2 aromatic carbocycles. The Morgan fingerprint density at radius 1 is 1.09 bits per heavy atom. The van der Waals surface area contributed by atoms with E-state index in [4.69, 9.17) is 14.2 Å². The number of hydrogen-bond acceptors (Lipinski definition) is 8. The van der Waals surface area contributed by atoms with Gasteiger partial charge in [-0.3, -0.25) is 19.3 Å². The van der Waals surface area contributed by atoms with Gasteiger partial charge >= 0.3 is 5.97 Å². The van der Waals surface area contributed by atoms with Crippen molar-refractivity contribution in [1.82, 2.24) is 4.90 Å². The Balaban J connectivity index is 1.71. The lowest BCUT2D eigenvalue weighted by atomic mass is 10.1. The summed E-state index contributed by atoms with van der Waals surface area (Å²) >= 11 is 0.743. The van der Waals surface area contributed by atoms with Crippen molar-refractivity contribution in [1.29, 1.82) is 0 Å². The Morgan fingerprint density at radius 3 is 2.54 bits per heavy atom. The standard InChI is InChI=1S/C25H26N2O7S/c1-5-33-23(29)14-34-20-11-17(7-9-19(20)32-4)12-21-24(30)27(25(31)35-21)13-22(28)26-18-8-6-15(2)10-16(18)3/h6-12H,5,13-14H2,1-4H3,(H,26,28)/b21-12-. The molecule has 0 aromatic heterocycles. The molecule has 3 rings (SSSR count). The van der Waals surface area contributed by atoms with Crippen molar-refractivity contribution in [3.8, 4) is 11.5 Å². The van der Waals surface area contributed by atoms with E-state index in [2.05, 4.69) is 5.32 Å². The SMILES string of the molecule is CCOC(=O)COc1cc(/C=C2\SC(=O)N(CC(=O)Nc3ccc(C)cc3C)C2=O)ccc1OC. The van der Waals surface area contributed by atoms with Gasteiger partial charge < -0.3 is 19.5 Å². The molecule has 3 amide bonds. The summed E-state index contributed by atoms with van der Waals surface area (Å²) in [7, 11) is 1.46. The van der Waals surface area contributed by atoms with Gasteiger partial charge in [-0.25, -0.2) is 4.79 Å². The summed E-state index contributed by atoms with van der Waals surface area (Å²) in [6.07, 6.45) is 1.52. The fourth-order valence-electron chi connectivity index (χ4n) is 3.31. The van der Waals surface area contributed by atoms with Gasteiger partial charge in [0.2, 0.25) is 5.91 Å². The number of benzene rings is 2. The highest BCUT2D eigenvalue weighted by molar-refractivity contribution is 8.18. The number of methoxy groups -OCH3 is 1. The van der Waals surface area contributed by atoms with E-state index >= 15 is 0 Å². The van der Waals surface area contributed by atoms with E-state index in [-0.39, 0.29) is 23.9 Å². The Kier molecular flexibility index (Phi) is 8.53. The highest BCUT2D eigenvalue weighted by atomic mass is 32.2. The molecule has 1 fully saturated rings. The van der Waals surface area contributed by atoms with E-state index in [0.717, 1.165) is 27.8 Å². The lowest BCUT2D eigenvalue weighted by molar-refractivity contribution is -0.145. The number of anilines is 1. The van der Waals surface area contributed by atoms with Crippen LogP contribution >= 0.6 is 11.8 Å². The summed E-state index contributed by atoms with van der Waals surface area (Å²) in [5, 5.41) is 2.20. The average molecular weight is 499 g/mol. The molecule has 10 heteroatoms. The quantitative estimate of drug-likeness (QED) is 0.409. The van der Waals surface area contributed by atoms with Crippen molar-refractivity contribution in [3.63, 3.8) is 0 Å². The third kappa shape index (κ3) is 6.63. The second kappa shape index (κ2) is 11.6. The molecule has 35 heavy (non-hydrogen) atoms. The van der Waals surface area contributed by atoms with Crippen molar-refractivity contribution < 1.29 is 33.4 Å². The van der Waals surface area contributed by atoms with Gasteiger partial charge in [0, 0.05) is 5.69 Å². The number of imide groups is 1. The van der Waals surface area contributed by atoms with Gasteiger partial charge in [0.15, 0.2) is 18.1 Å². The molecule has 184 valence electrons. The maximum Gasteiger partial charge on any atom is 0.344 e. The van der Waals surface area contributed by atoms with Crippen LogP contribution in [-0.4, -0.2) is 54.8 Å². The Bertz CT molecular complexity index is 1190. The Morgan fingerprint density at radius 2 is 1.86 bits per heavy atom. The molecule has 0 bridgehead atoms. The minimum atomic E-state index is -0.569. The summed E-state index contributed by atoms with van der Waals surface area (Å²) in [5.41, 5.74) is 3.11. The fraction of sp³-hybridized carbons (Fsp3) is 0.280. The molecule has 1 saturated heterocycles. The van der Waals surface area contributed by atoms with Gasteiger partial charge in [-0.15, -0.1) is 0 Å². The van der Waals surface area contributed by atoms with Crippen LogP contribution in [-0.2, 0) is 19.1 Å². The number of rotatable bonds is 9. The molecule has 9 nitrogen and oxygen atoms in total. The highest BCUT2D eigenvalue weighted by Gasteiger charge is 2.36. The largest absolute Gasteiger partial charge is 0.493 e. The van der Waals surface area contributed by atoms with Gasteiger partial charge in [0.25, 0.3) is 11.1 Å². The molecule has 0 saturated carbocycles. The predicted octanol–water partition coefficient (Wildman–Crippen LogP) is 3.93. The number of esters is 1. The lowest BCUT2D eigenvalue weighted by Gasteiger charge is -2.14. The fourth-order valence-corrected chi connectivity index (χ4v) is 4.15. The maximum absolute atomic E-state index is 12.8. The zero-order valence-corrected chi connectivity index (χ0v) is 20.7. The maximum atomic E-state index is 12.8. The third-order valence-corrected chi connectivity index (χ3v) is 5.87. The lowest BCUT2D eigenvalue weighted by Crippen LogP contribution is -2.36. The normalized spacial score (nSPS) is 14.3. The van der Waals surface area contributed by atoms with Gasteiger partial charge in [-0.1, -0.05) is 23.8 Å². The van der Waals surface area contributed by atoms with Crippen LogP contribution in [0.5, 0.6) is 11.5 Å². The molecule has 1 aliphatic rings. The topological polar surface area (TPSA) is 111 Å². The van der Waals surface area contributed by atoms with Gasteiger partial charge in [-0.2, -0.15) is 0 Å². The highest BCUT2D eigenvalue weighted by Crippen LogP contribution is 2.34. The van der Waals surface area contributed by atoms with E-state index in [9.17, 15) is 19.2 Å². The molecule has 0 radical (unpaired) electrons. The van der Waals surface area contributed by atoms with Crippen molar-refractivity contribution in [2.45, 2.75) is 20.8 Å². The van der Waals surface area contributed by atoms with Gasteiger partial charge in [-0.05, 0) is 67.9 Å². The van der Waals surface area contributed by atoms with E-state index in [0.29, 0.717) is 17.0 Å². The molecule has 0 atom stereocenters. The minimum Gasteiger partial charge on any atom is -0.493 e. The number of nitrogens with one attached hydrogen (secondary N) is 1. The number of amides is 3. The summed E-state index contributed by atoms with van der Waals surface area (Å²) in [6, 6.07) is 10.5. The molecule has 2 aromatic rings. The molecule has 0 unspecified atom stereocenters. The smallest absolute Gasteiger partial charge is 0.344 e. The molecule has 1 aliphatic heterocycles. The first-order valence-electron chi connectivity index (χ1n) is 10.8. The van der Waals surface area contributed by atoms with E-state index in [1.807, 2.05) is 26.0 Å². The number of aryl methyl sites for hydroxylation is 2. The number of carbonyl (C=O) groups is 4. The summed E-state index contributed by atoms with van der Waals surface area (Å²) < 4.78 is 15.6. The van der Waals surface area contributed by atoms with E-state index in [1.54, 1.807) is 31.2 Å². The second-order valence-corrected chi connectivity index (χ2v) is 8.63. The first-order chi connectivity index (χ1) is 16.7. The second-order valence-electron chi connectivity index (χ2n) is 7.64. The number of thioether (sulfide) groups is 1. The first-order valence-corrected chi connectivity index (χ1v) is 11.6. The summed E-state index contributed by atoms with van der Waals surface area (Å²) in [4.78, 5) is 50.4.